The van der Waals surface area contributed by atoms with Gasteiger partial charge < -0.3 is 5.32 Å². The van der Waals surface area contributed by atoms with Gasteiger partial charge in [0.25, 0.3) is 10.0 Å². The Kier molecular flexibility index (Phi) is 4.98. The molecule has 0 unspecified atom stereocenters. The summed E-state index contributed by atoms with van der Waals surface area (Å²) in [6.07, 6.45) is 3.87. The quantitative estimate of drug-likeness (QED) is 0.764. The van der Waals surface area contributed by atoms with Crippen molar-refractivity contribution >= 4 is 15.7 Å². The van der Waals surface area contributed by atoms with Gasteiger partial charge in [0.05, 0.1) is 6.20 Å². The molecule has 7 heteroatoms. The van der Waals surface area contributed by atoms with E-state index in [1.807, 2.05) is 12.1 Å². The highest BCUT2D eigenvalue weighted by atomic mass is 32.2. The van der Waals surface area contributed by atoms with Crippen molar-refractivity contribution in [1.82, 2.24) is 15.1 Å². The summed E-state index contributed by atoms with van der Waals surface area (Å²) < 4.78 is 28.3. The molecule has 2 aromatic rings. The Hall–Kier alpha value is -1.86. The topological polar surface area (TPSA) is 76.0 Å². The van der Waals surface area contributed by atoms with Crippen LogP contribution in [0.4, 0.5) is 5.69 Å². The number of sulfonamides is 1. The van der Waals surface area contributed by atoms with Gasteiger partial charge in [0.2, 0.25) is 0 Å². The number of rotatable bonds is 7. The molecule has 6 nitrogen and oxygen atoms in total. The third-order valence-electron chi connectivity index (χ3n) is 2.95. The maximum Gasteiger partial charge on any atom is 0.265 e. The first-order valence-corrected chi connectivity index (χ1v) is 8.30. The fraction of sp³-hybridized carbons (Fsp3) is 0.357. The zero-order valence-corrected chi connectivity index (χ0v) is 13.0. The molecule has 0 amide bonds. The molecule has 0 aliphatic heterocycles. The van der Waals surface area contributed by atoms with Crippen LogP contribution in [0.2, 0.25) is 0 Å². The predicted molar refractivity (Wildman–Crippen MR) is 82.5 cm³/mol. The summed E-state index contributed by atoms with van der Waals surface area (Å²) in [6.45, 7) is 3.86. The van der Waals surface area contributed by atoms with Gasteiger partial charge >= 0.3 is 0 Å². The van der Waals surface area contributed by atoms with Gasteiger partial charge in [-0.25, -0.2) is 8.42 Å². The number of aromatic nitrogens is 2. The first-order chi connectivity index (χ1) is 10.0. The molecule has 1 aromatic carbocycles. The molecule has 0 fully saturated rings. The SMILES string of the molecule is CCCNCc1ccc(NS(=O)(=O)c2cnn(C)c2)cc1. The van der Waals surface area contributed by atoms with E-state index in [9.17, 15) is 8.42 Å². The summed E-state index contributed by atoms with van der Waals surface area (Å²) >= 11 is 0. The highest BCUT2D eigenvalue weighted by Gasteiger charge is 2.15. The normalized spacial score (nSPS) is 11.5. The van der Waals surface area contributed by atoms with Crippen LogP contribution in [0.25, 0.3) is 0 Å². The zero-order valence-electron chi connectivity index (χ0n) is 12.2. The molecule has 21 heavy (non-hydrogen) atoms. The van der Waals surface area contributed by atoms with Crippen LogP contribution in [0.15, 0.2) is 41.6 Å². The summed E-state index contributed by atoms with van der Waals surface area (Å²) in [5.41, 5.74) is 1.66. The number of anilines is 1. The lowest BCUT2D eigenvalue weighted by Gasteiger charge is -2.08. The van der Waals surface area contributed by atoms with E-state index in [0.29, 0.717) is 5.69 Å². The standard InChI is InChI=1S/C14H20N4O2S/c1-3-8-15-9-12-4-6-13(7-5-12)17-21(19,20)14-10-16-18(2)11-14/h4-7,10-11,15,17H,3,8-9H2,1-2H3. The average Bonchev–Trinajstić information content (AvgIpc) is 2.88. The van der Waals surface area contributed by atoms with E-state index in [-0.39, 0.29) is 4.90 Å². The highest BCUT2D eigenvalue weighted by Crippen LogP contribution is 2.16. The minimum Gasteiger partial charge on any atom is -0.313 e. The number of aryl methyl sites for hydroxylation is 1. The van der Waals surface area contributed by atoms with E-state index in [0.717, 1.165) is 25.1 Å². The molecular weight excluding hydrogens is 288 g/mol. The van der Waals surface area contributed by atoms with Gasteiger partial charge in [-0.05, 0) is 30.7 Å². The third kappa shape index (κ3) is 4.30. The molecule has 0 saturated carbocycles. The van der Waals surface area contributed by atoms with E-state index in [4.69, 9.17) is 0 Å². The first-order valence-electron chi connectivity index (χ1n) is 6.82. The van der Waals surface area contributed by atoms with Crippen molar-refractivity contribution < 1.29 is 8.42 Å². The molecule has 0 spiro atoms. The summed E-state index contributed by atoms with van der Waals surface area (Å²) in [5, 5.41) is 7.17. The Labute approximate surface area is 125 Å². The Balaban J connectivity index is 2.03. The number of hydrogen-bond donors (Lipinski definition) is 2. The Morgan fingerprint density at radius 1 is 1.24 bits per heavy atom. The fourth-order valence-electron chi connectivity index (χ4n) is 1.85. The van der Waals surface area contributed by atoms with Crippen LogP contribution in [-0.2, 0) is 23.6 Å². The van der Waals surface area contributed by atoms with Crippen molar-refractivity contribution in [2.24, 2.45) is 7.05 Å². The highest BCUT2D eigenvalue weighted by molar-refractivity contribution is 7.92. The summed E-state index contributed by atoms with van der Waals surface area (Å²) in [6, 6.07) is 7.33. The number of nitrogens with zero attached hydrogens (tertiary/aromatic N) is 2. The van der Waals surface area contributed by atoms with Crippen molar-refractivity contribution in [1.29, 1.82) is 0 Å². The van der Waals surface area contributed by atoms with E-state index in [1.54, 1.807) is 19.2 Å². The lowest BCUT2D eigenvalue weighted by molar-refractivity contribution is 0.601. The maximum atomic E-state index is 12.1. The van der Waals surface area contributed by atoms with Crippen molar-refractivity contribution in [3.8, 4) is 0 Å². The van der Waals surface area contributed by atoms with Gasteiger partial charge in [0, 0.05) is 25.5 Å². The second-order valence-electron chi connectivity index (χ2n) is 4.83. The molecule has 114 valence electrons. The van der Waals surface area contributed by atoms with Gasteiger partial charge in [-0.2, -0.15) is 5.10 Å². The van der Waals surface area contributed by atoms with Gasteiger partial charge in [0.15, 0.2) is 0 Å². The fourth-order valence-corrected chi connectivity index (χ4v) is 2.89. The summed E-state index contributed by atoms with van der Waals surface area (Å²) in [5.74, 6) is 0. The second-order valence-corrected chi connectivity index (χ2v) is 6.51. The van der Waals surface area contributed by atoms with Crippen molar-refractivity contribution in [2.75, 3.05) is 11.3 Å². The Bertz CT molecular complexity index is 677. The van der Waals surface area contributed by atoms with Gasteiger partial charge in [-0.15, -0.1) is 0 Å². The van der Waals surface area contributed by atoms with Gasteiger partial charge in [-0.3, -0.25) is 9.40 Å². The Morgan fingerprint density at radius 3 is 2.52 bits per heavy atom. The summed E-state index contributed by atoms with van der Waals surface area (Å²) in [4.78, 5) is 0.152. The van der Waals surface area contributed by atoms with Crippen LogP contribution in [0.1, 0.15) is 18.9 Å². The first kappa shape index (κ1) is 15.5. The zero-order chi connectivity index (χ0) is 15.3. The average molecular weight is 308 g/mol. The van der Waals surface area contributed by atoms with E-state index in [1.165, 1.54) is 17.1 Å². The van der Waals surface area contributed by atoms with Crippen LogP contribution >= 0.6 is 0 Å². The van der Waals surface area contributed by atoms with Crippen LogP contribution in [0, 0.1) is 0 Å². The minimum absolute atomic E-state index is 0.152. The molecule has 0 bridgehead atoms. The maximum absolute atomic E-state index is 12.1. The largest absolute Gasteiger partial charge is 0.313 e. The van der Waals surface area contributed by atoms with E-state index in [2.05, 4.69) is 22.1 Å². The van der Waals surface area contributed by atoms with Crippen LogP contribution in [-0.4, -0.2) is 24.7 Å². The molecule has 1 heterocycles. The van der Waals surface area contributed by atoms with Gasteiger partial charge in [0.1, 0.15) is 4.90 Å². The predicted octanol–water partition coefficient (Wildman–Crippen LogP) is 1.72. The minimum atomic E-state index is -3.58. The number of benzene rings is 1. The molecule has 0 atom stereocenters. The molecule has 0 aliphatic rings. The molecular formula is C14H20N4O2S. The monoisotopic (exact) mass is 308 g/mol. The van der Waals surface area contributed by atoms with Crippen molar-refractivity contribution in [3.63, 3.8) is 0 Å². The van der Waals surface area contributed by atoms with E-state index >= 15 is 0 Å². The molecule has 1 aromatic heterocycles. The Morgan fingerprint density at radius 2 is 1.95 bits per heavy atom. The number of hydrogen-bond acceptors (Lipinski definition) is 4. The van der Waals surface area contributed by atoms with Crippen LogP contribution in [0.5, 0.6) is 0 Å². The molecule has 0 radical (unpaired) electrons. The van der Waals surface area contributed by atoms with Crippen LogP contribution < -0.4 is 10.0 Å². The summed E-state index contributed by atoms with van der Waals surface area (Å²) in [7, 11) is -1.90. The lowest BCUT2D eigenvalue weighted by Crippen LogP contribution is -2.14. The lowest BCUT2D eigenvalue weighted by atomic mass is 10.2. The third-order valence-corrected chi connectivity index (χ3v) is 4.29. The second kappa shape index (κ2) is 6.73. The van der Waals surface area contributed by atoms with E-state index < -0.39 is 10.0 Å². The molecule has 2 rings (SSSR count). The number of nitrogens with one attached hydrogen (secondary N) is 2. The molecule has 0 aliphatic carbocycles. The van der Waals surface area contributed by atoms with Crippen LogP contribution in [0.3, 0.4) is 0 Å². The van der Waals surface area contributed by atoms with Crippen molar-refractivity contribution in [3.05, 3.63) is 42.2 Å². The molecule has 2 N–H and O–H groups in total. The smallest absolute Gasteiger partial charge is 0.265 e. The van der Waals surface area contributed by atoms with Crippen molar-refractivity contribution in [2.45, 2.75) is 24.8 Å². The van der Waals surface area contributed by atoms with Gasteiger partial charge in [-0.1, -0.05) is 19.1 Å². The molecule has 0 saturated heterocycles.